The number of carbonyl (C=O) groups excluding carboxylic acids is 3. The Hall–Kier alpha value is -2.58. The van der Waals surface area contributed by atoms with Crippen LogP contribution in [0.3, 0.4) is 0 Å². The van der Waals surface area contributed by atoms with E-state index in [1.165, 1.54) is 4.90 Å². The van der Waals surface area contributed by atoms with Crippen LogP contribution in [0, 0.1) is 5.92 Å². The van der Waals surface area contributed by atoms with E-state index in [0.717, 1.165) is 11.3 Å². The molecule has 2 amide bonds. The van der Waals surface area contributed by atoms with E-state index in [0.29, 0.717) is 6.42 Å². The van der Waals surface area contributed by atoms with Crippen LogP contribution in [0.1, 0.15) is 18.9 Å². The largest absolute Gasteiger partial charge is 0.455 e. The molecule has 0 saturated carbocycles. The van der Waals surface area contributed by atoms with Crippen LogP contribution in [0.4, 0.5) is 18.9 Å². The summed E-state index contributed by atoms with van der Waals surface area (Å²) in [5.74, 6) is -2.83. The molecule has 6 nitrogen and oxygen atoms in total. The normalized spacial score (nSPS) is 17.3. The van der Waals surface area contributed by atoms with Crippen molar-refractivity contribution >= 4 is 23.5 Å². The Morgan fingerprint density at radius 2 is 2.00 bits per heavy atom. The number of hydrogen-bond acceptors (Lipinski definition) is 4. The molecule has 0 unspecified atom stereocenters. The van der Waals surface area contributed by atoms with Gasteiger partial charge in [0, 0.05) is 18.7 Å². The van der Waals surface area contributed by atoms with E-state index in [9.17, 15) is 27.6 Å². The number of nitrogens with one attached hydrogen (secondary N) is 1. The van der Waals surface area contributed by atoms with Gasteiger partial charge in [0.25, 0.3) is 5.91 Å². The number of esters is 1. The summed E-state index contributed by atoms with van der Waals surface area (Å²) in [4.78, 5) is 37.0. The first-order valence-corrected chi connectivity index (χ1v) is 8.09. The number of amides is 2. The van der Waals surface area contributed by atoms with E-state index in [1.807, 2.05) is 19.1 Å². The van der Waals surface area contributed by atoms with E-state index in [1.54, 1.807) is 17.4 Å². The molecule has 0 aromatic heterocycles. The zero-order valence-corrected chi connectivity index (χ0v) is 14.1. The molecule has 9 heteroatoms. The van der Waals surface area contributed by atoms with Gasteiger partial charge in [-0.15, -0.1) is 0 Å². The van der Waals surface area contributed by atoms with Crippen LogP contribution < -0.4 is 10.2 Å². The average Bonchev–Trinajstić information content (AvgIpc) is 2.98. The van der Waals surface area contributed by atoms with Crippen molar-refractivity contribution in [3.8, 4) is 0 Å². The van der Waals surface area contributed by atoms with Crippen molar-refractivity contribution in [3.05, 3.63) is 29.8 Å². The van der Waals surface area contributed by atoms with Crippen molar-refractivity contribution in [2.24, 2.45) is 5.92 Å². The summed E-state index contributed by atoms with van der Waals surface area (Å²) in [6, 6.07) is 7.32. The molecule has 0 spiro atoms. The van der Waals surface area contributed by atoms with E-state index in [-0.39, 0.29) is 18.9 Å². The Labute approximate surface area is 148 Å². The highest BCUT2D eigenvalue weighted by Crippen LogP contribution is 2.29. The number of halogens is 3. The molecule has 1 atom stereocenters. The second kappa shape index (κ2) is 8.20. The number of para-hydroxylation sites is 1. The highest BCUT2D eigenvalue weighted by atomic mass is 19.4. The Bertz CT molecular complexity index is 691. The quantitative estimate of drug-likeness (QED) is 0.773. The number of ether oxygens (including phenoxy) is 1. The second-order valence-electron chi connectivity index (χ2n) is 5.89. The summed E-state index contributed by atoms with van der Waals surface area (Å²) in [6.07, 6.45) is -3.89. The maximum Gasteiger partial charge on any atom is 0.405 e. The molecule has 142 valence electrons. The summed E-state index contributed by atoms with van der Waals surface area (Å²) in [5.41, 5.74) is 1.68. The minimum absolute atomic E-state index is 0.0684. The summed E-state index contributed by atoms with van der Waals surface area (Å²) in [6.45, 7) is -0.248. The fourth-order valence-electron chi connectivity index (χ4n) is 2.68. The molecule has 2 rings (SSSR count). The predicted octanol–water partition coefficient (Wildman–Crippen LogP) is 1.82. The van der Waals surface area contributed by atoms with Gasteiger partial charge in [0.15, 0.2) is 6.61 Å². The lowest BCUT2D eigenvalue weighted by Gasteiger charge is -2.19. The lowest BCUT2D eigenvalue weighted by Crippen LogP contribution is -2.37. The average molecular weight is 372 g/mol. The summed E-state index contributed by atoms with van der Waals surface area (Å²) in [7, 11) is 0. The van der Waals surface area contributed by atoms with Crippen LogP contribution in [0.5, 0.6) is 0 Å². The van der Waals surface area contributed by atoms with Gasteiger partial charge in [-0.25, -0.2) is 0 Å². The van der Waals surface area contributed by atoms with Crippen LogP contribution >= 0.6 is 0 Å². The van der Waals surface area contributed by atoms with Gasteiger partial charge in [-0.3, -0.25) is 14.4 Å². The molecule has 1 aliphatic rings. The van der Waals surface area contributed by atoms with Gasteiger partial charge in [0.2, 0.25) is 5.91 Å². The molecule has 1 N–H and O–H groups in total. The molecule has 0 radical (unpaired) electrons. The lowest BCUT2D eigenvalue weighted by molar-refractivity contribution is -0.154. The third-order valence-corrected chi connectivity index (χ3v) is 3.95. The topological polar surface area (TPSA) is 75.7 Å². The summed E-state index contributed by atoms with van der Waals surface area (Å²) < 4.78 is 40.8. The van der Waals surface area contributed by atoms with E-state index < -0.39 is 37.1 Å². The molecule has 1 heterocycles. The third kappa shape index (κ3) is 5.21. The first kappa shape index (κ1) is 19.7. The van der Waals surface area contributed by atoms with Crippen LogP contribution in [0.2, 0.25) is 0 Å². The lowest BCUT2D eigenvalue weighted by atomic mass is 10.1. The molecular weight excluding hydrogens is 353 g/mol. The Morgan fingerprint density at radius 1 is 1.31 bits per heavy atom. The molecule has 1 aliphatic heterocycles. The van der Waals surface area contributed by atoms with Crippen molar-refractivity contribution in [1.82, 2.24) is 5.32 Å². The number of anilines is 1. The van der Waals surface area contributed by atoms with Gasteiger partial charge in [0.05, 0.1) is 5.92 Å². The first-order valence-electron chi connectivity index (χ1n) is 8.09. The predicted molar refractivity (Wildman–Crippen MR) is 86.3 cm³/mol. The standard InChI is InChI=1S/C17H19F3N2O4/c1-2-11-5-3-4-6-13(11)22-8-12(7-15(22)24)16(25)26-9-14(23)21-10-17(18,19)20/h3-6,12H,2,7-10H2,1H3,(H,21,23)/t12-/m1/s1. The Balaban J connectivity index is 1.90. The first-order chi connectivity index (χ1) is 12.2. The Morgan fingerprint density at radius 3 is 2.65 bits per heavy atom. The van der Waals surface area contributed by atoms with E-state index in [2.05, 4.69) is 0 Å². The van der Waals surface area contributed by atoms with Gasteiger partial charge in [-0.05, 0) is 18.1 Å². The van der Waals surface area contributed by atoms with Gasteiger partial charge in [-0.2, -0.15) is 13.2 Å². The Kier molecular flexibility index (Phi) is 6.23. The molecule has 1 aromatic rings. The molecular formula is C17H19F3N2O4. The molecule has 0 aliphatic carbocycles. The highest BCUT2D eigenvalue weighted by molar-refractivity contribution is 6.00. The van der Waals surface area contributed by atoms with Crippen molar-refractivity contribution in [2.45, 2.75) is 25.9 Å². The molecule has 1 aromatic carbocycles. The van der Waals surface area contributed by atoms with Crippen LogP contribution in [-0.4, -0.2) is 43.7 Å². The second-order valence-corrected chi connectivity index (χ2v) is 5.89. The fourth-order valence-corrected chi connectivity index (χ4v) is 2.68. The summed E-state index contributed by atoms with van der Waals surface area (Å²) in [5, 5.41) is 1.61. The maximum atomic E-state index is 12.2. The van der Waals surface area contributed by atoms with Crippen LogP contribution in [0.15, 0.2) is 24.3 Å². The SMILES string of the molecule is CCc1ccccc1N1C[C@H](C(=O)OCC(=O)NCC(F)(F)F)CC1=O. The molecule has 26 heavy (non-hydrogen) atoms. The molecule has 1 saturated heterocycles. The number of benzene rings is 1. The van der Waals surface area contributed by atoms with Gasteiger partial charge in [-0.1, -0.05) is 25.1 Å². The molecule has 0 bridgehead atoms. The number of hydrogen-bond donors (Lipinski definition) is 1. The zero-order chi connectivity index (χ0) is 19.3. The minimum atomic E-state index is -4.54. The number of aryl methyl sites for hydroxylation is 1. The molecule has 1 fully saturated rings. The van der Waals surface area contributed by atoms with Crippen molar-refractivity contribution in [2.75, 3.05) is 24.6 Å². The number of rotatable bonds is 6. The van der Waals surface area contributed by atoms with E-state index in [4.69, 9.17) is 4.74 Å². The smallest absolute Gasteiger partial charge is 0.405 e. The van der Waals surface area contributed by atoms with E-state index >= 15 is 0 Å². The summed E-state index contributed by atoms with van der Waals surface area (Å²) >= 11 is 0. The minimum Gasteiger partial charge on any atom is -0.455 e. The number of alkyl halides is 3. The number of carbonyl (C=O) groups is 3. The maximum absolute atomic E-state index is 12.2. The van der Waals surface area contributed by atoms with Crippen molar-refractivity contribution in [1.29, 1.82) is 0 Å². The number of nitrogens with zero attached hydrogens (tertiary/aromatic N) is 1. The van der Waals surface area contributed by atoms with Crippen molar-refractivity contribution < 1.29 is 32.3 Å². The van der Waals surface area contributed by atoms with Crippen molar-refractivity contribution in [3.63, 3.8) is 0 Å². The highest BCUT2D eigenvalue weighted by Gasteiger charge is 2.37. The van der Waals surface area contributed by atoms with Gasteiger partial charge >= 0.3 is 12.1 Å². The zero-order valence-electron chi connectivity index (χ0n) is 14.1. The fraction of sp³-hybridized carbons (Fsp3) is 0.471. The third-order valence-electron chi connectivity index (χ3n) is 3.95. The van der Waals surface area contributed by atoms with Crippen LogP contribution in [-0.2, 0) is 25.5 Å². The van der Waals surface area contributed by atoms with Gasteiger partial charge < -0.3 is 15.0 Å². The monoisotopic (exact) mass is 372 g/mol. The van der Waals surface area contributed by atoms with Crippen LogP contribution in [0.25, 0.3) is 0 Å². The van der Waals surface area contributed by atoms with Gasteiger partial charge in [0.1, 0.15) is 6.54 Å².